The minimum atomic E-state index is 0.0309. The molecule has 1 amide bonds. The summed E-state index contributed by atoms with van der Waals surface area (Å²) < 4.78 is 5.31. The molecule has 126 valence electrons. The van der Waals surface area contributed by atoms with Crippen molar-refractivity contribution in [2.45, 2.75) is 13.5 Å². The number of carbonyl (C=O) groups is 1. The zero-order valence-electron chi connectivity index (χ0n) is 14.0. The number of carbonyl (C=O) groups excluding carboxylic acids is 1. The second-order valence-corrected chi connectivity index (χ2v) is 5.84. The molecule has 1 aromatic carbocycles. The monoisotopic (exact) mass is 325 g/mol. The first kappa shape index (κ1) is 16.5. The average molecular weight is 325 g/mol. The molecule has 1 fully saturated rings. The number of aromatic nitrogens is 1. The van der Waals surface area contributed by atoms with E-state index in [0.29, 0.717) is 31.9 Å². The van der Waals surface area contributed by atoms with Gasteiger partial charge in [-0.25, -0.2) is 0 Å². The van der Waals surface area contributed by atoms with Crippen molar-refractivity contribution in [3.8, 4) is 0 Å². The molecule has 0 N–H and O–H groups in total. The van der Waals surface area contributed by atoms with E-state index in [9.17, 15) is 4.79 Å². The zero-order valence-corrected chi connectivity index (χ0v) is 14.0. The Kier molecular flexibility index (Phi) is 5.43. The molecule has 5 heteroatoms. The van der Waals surface area contributed by atoms with Crippen LogP contribution in [-0.2, 0) is 11.3 Å². The van der Waals surface area contributed by atoms with Gasteiger partial charge in [0.05, 0.1) is 30.7 Å². The fraction of sp³-hybridized carbons (Fsp3) is 0.368. The highest BCUT2D eigenvalue weighted by Gasteiger charge is 2.19. The molecular weight excluding hydrogens is 302 g/mol. The van der Waals surface area contributed by atoms with Crippen molar-refractivity contribution in [3.63, 3.8) is 0 Å². The molecule has 0 bridgehead atoms. The van der Waals surface area contributed by atoms with Crippen molar-refractivity contribution in [1.29, 1.82) is 0 Å². The number of nitrogens with zero attached hydrogens (tertiary/aromatic N) is 3. The second kappa shape index (κ2) is 7.93. The summed E-state index contributed by atoms with van der Waals surface area (Å²) in [7, 11) is 0. The number of ether oxygens (including phenoxy) is 1. The summed E-state index contributed by atoms with van der Waals surface area (Å²) in [5.74, 6) is 0.0309. The van der Waals surface area contributed by atoms with Crippen molar-refractivity contribution in [3.05, 3.63) is 59.9 Å². The highest BCUT2D eigenvalue weighted by molar-refractivity contribution is 5.94. The molecule has 2 heterocycles. The SMILES string of the molecule is CCN(Cc1ccccc1)c1cncc(C(=O)N2CCOCC2)c1. The number of amides is 1. The molecule has 1 aromatic heterocycles. The van der Waals surface area contributed by atoms with Gasteiger partial charge in [-0.3, -0.25) is 9.78 Å². The van der Waals surface area contributed by atoms with E-state index < -0.39 is 0 Å². The van der Waals surface area contributed by atoms with Crippen LogP contribution < -0.4 is 4.90 Å². The molecule has 1 aliphatic rings. The Balaban J connectivity index is 1.76. The Morgan fingerprint density at radius 3 is 2.67 bits per heavy atom. The first-order valence-electron chi connectivity index (χ1n) is 8.39. The van der Waals surface area contributed by atoms with Gasteiger partial charge in [-0.1, -0.05) is 30.3 Å². The van der Waals surface area contributed by atoms with Crippen LogP contribution in [0.4, 0.5) is 5.69 Å². The minimum absolute atomic E-state index is 0.0309. The van der Waals surface area contributed by atoms with E-state index in [0.717, 1.165) is 18.8 Å². The van der Waals surface area contributed by atoms with Crippen LogP contribution >= 0.6 is 0 Å². The molecule has 0 unspecified atom stereocenters. The minimum Gasteiger partial charge on any atom is -0.378 e. The van der Waals surface area contributed by atoms with Gasteiger partial charge in [-0.15, -0.1) is 0 Å². The summed E-state index contributed by atoms with van der Waals surface area (Å²) in [5.41, 5.74) is 2.85. The Labute approximate surface area is 142 Å². The van der Waals surface area contributed by atoms with E-state index in [1.807, 2.05) is 35.4 Å². The highest BCUT2D eigenvalue weighted by atomic mass is 16.5. The van der Waals surface area contributed by atoms with Gasteiger partial charge < -0.3 is 14.5 Å². The molecule has 3 rings (SSSR count). The molecule has 2 aromatic rings. The van der Waals surface area contributed by atoms with Crippen LogP contribution in [0.5, 0.6) is 0 Å². The topological polar surface area (TPSA) is 45.7 Å². The number of hydrogen-bond acceptors (Lipinski definition) is 4. The lowest BCUT2D eigenvalue weighted by atomic mass is 10.2. The van der Waals surface area contributed by atoms with Gasteiger partial charge in [-0.2, -0.15) is 0 Å². The first-order valence-corrected chi connectivity index (χ1v) is 8.39. The van der Waals surface area contributed by atoms with E-state index in [1.165, 1.54) is 5.56 Å². The second-order valence-electron chi connectivity index (χ2n) is 5.84. The summed E-state index contributed by atoms with van der Waals surface area (Å²) in [6, 6.07) is 12.3. The maximum atomic E-state index is 12.6. The zero-order chi connectivity index (χ0) is 16.8. The van der Waals surface area contributed by atoms with Crippen molar-refractivity contribution in [1.82, 2.24) is 9.88 Å². The molecule has 0 atom stereocenters. The van der Waals surface area contributed by atoms with Gasteiger partial charge in [-0.05, 0) is 18.6 Å². The lowest BCUT2D eigenvalue weighted by molar-refractivity contribution is 0.0302. The van der Waals surface area contributed by atoms with Crippen LogP contribution in [0.25, 0.3) is 0 Å². The molecular formula is C19H23N3O2. The summed E-state index contributed by atoms with van der Waals surface area (Å²) in [5, 5.41) is 0. The van der Waals surface area contributed by atoms with E-state index in [2.05, 4.69) is 28.9 Å². The van der Waals surface area contributed by atoms with E-state index in [1.54, 1.807) is 6.20 Å². The van der Waals surface area contributed by atoms with Crippen molar-refractivity contribution >= 4 is 11.6 Å². The summed E-state index contributed by atoms with van der Waals surface area (Å²) in [6.45, 7) is 6.26. The number of anilines is 1. The third-order valence-corrected chi connectivity index (χ3v) is 4.23. The summed E-state index contributed by atoms with van der Waals surface area (Å²) in [4.78, 5) is 21.0. The third kappa shape index (κ3) is 3.92. The molecule has 24 heavy (non-hydrogen) atoms. The maximum absolute atomic E-state index is 12.6. The van der Waals surface area contributed by atoms with Crippen LogP contribution in [0.3, 0.4) is 0 Å². The van der Waals surface area contributed by atoms with Crippen LogP contribution in [0.2, 0.25) is 0 Å². The predicted octanol–water partition coefficient (Wildman–Crippen LogP) is 2.58. The molecule has 0 radical (unpaired) electrons. The van der Waals surface area contributed by atoms with Gasteiger partial charge in [0.2, 0.25) is 0 Å². The van der Waals surface area contributed by atoms with E-state index in [4.69, 9.17) is 4.74 Å². The Morgan fingerprint density at radius 1 is 1.21 bits per heavy atom. The maximum Gasteiger partial charge on any atom is 0.255 e. The number of benzene rings is 1. The lowest BCUT2D eigenvalue weighted by Gasteiger charge is -2.27. The average Bonchev–Trinajstić information content (AvgIpc) is 2.67. The smallest absolute Gasteiger partial charge is 0.255 e. The molecule has 0 aliphatic carbocycles. The van der Waals surface area contributed by atoms with Crippen molar-refractivity contribution < 1.29 is 9.53 Å². The van der Waals surface area contributed by atoms with Gasteiger partial charge in [0.15, 0.2) is 0 Å². The van der Waals surface area contributed by atoms with Crippen LogP contribution in [0.15, 0.2) is 48.8 Å². The summed E-state index contributed by atoms with van der Waals surface area (Å²) in [6.07, 6.45) is 3.47. The predicted molar refractivity (Wildman–Crippen MR) is 94.1 cm³/mol. The fourth-order valence-corrected chi connectivity index (χ4v) is 2.86. The molecule has 0 spiro atoms. The Morgan fingerprint density at radius 2 is 1.96 bits per heavy atom. The Hall–Kier alpha value is -2.40. The highest BCUT2D eigenvalue weighted by Crippen LogP contribution is 2.19. The first-order chi connectivity index (χ1) is 11.8. The lowest BCUT2D eigenvalue weighted by Crippen LogP contribution is -2.40. The van der Waals surface area contributed by atoms with Crippen LogP contribution in [0.1, 0.15) is 22.8 Å². The molecule has 5 nitrogen and oxygen atoms in total. The van der Waals surface area contributed by atoms with Gasteiger partial charge >= 0.3 is 0 Å². The molecule has 1 saturated heterocycles. The van der Waals surface area contributed by atoms with Crippen molar-refractivity contribution in [2.75, 3.05) is 37.7 Å². The largest absolute Gasteiger partial charge is 0.378 e. The molecule has 0 saturated carbocycles. The number of morpholine rings is 1. The van der Waals surface area contributed by atoms with Crippen LogP contribution in [-0.4, -0.2) is 48.6 Å². The third-order valence-electron chi connectivity index (χ3n) is 4.23. The number of pyridine rings is 1. The number of rotatable bonds is 5. The van der Waals surface area contributed by atoms with Crippen LogP contribution in [0, 0.1) is 0 Å². The standard InChI is InChI=1S/C19H23N3O2/c1-2-21(15-16-6-4-3-5-7-16)18-12-17(13-20-14-18)19(23)22-8-10-24-11-9-22/h3-7,12-14H,2,8-11,15H2,1H3. The fourth-order valence-electron chi connectivity index (χ4n) is 2.86. The van der Waals surface area contributed by atoms with Gasteiger partial charge in [0.25, 0.3) is 5.91 Å². The van der Waals surface area contributed by atoms with E-state index in [-0.39, 0.29) is 5.91 Å². The van der Waals surface area contributed by atoms with Gasteiger partial charge in [0.1, 0.15) is 0 Å². The molecule has 1 aliphatic heterocycles. The van der Waals surface area contributed by atoms with Gasteiger partial charge in [0, 0.05) is 32.4 Å². The quantitative estimate of drug-likeness (QED) is 0.848. The van der Waals surface area contributed by atoms with Crippen molar-refractivity contribution in [2.24, 2.45) is 0 Å². The normalized spacial score (nSPS) is 14.5. The Bertz CT molecular complexity index is 669. The number of hydrogen-bond donors (Lipinski definition) is 0. The van der Waals surface area contributed by atoms with E-state index >= 15 is 0 Å². The summed E-state index contributed by atoms with van der Waals surface area (Å²) >= 11 is 0.